The lowest BCUT2D eigenvalue weighted by Crippen LogP contribution is -2.21. The lowest BCUT2D eigenvalue weighted by atomic mass is 9.93. The van der Waals surface area contributed by atoms with Crippen molar-refractivity contribution in [2.45, 2.75) is 44.8 Å². The van der Waals surface area contributed by atoms with Crippen molar-refractivity contribution in [2.75, 3.05) is 0 Å². The third-order valence-electron chi connectivity index (χ3n) is 6.64. The van der Waals surface area contributed by atoms with Gasteiger partial charge in [0.15, 0.2) is 0 Å². The van der Waals surface area contributed by atoms with Gasteiger partial charge in [-0.2, -0.15) is 10.5 Å². The number of benzene rings is 4. The minimum Gasteiger partial charge on any atom is -0.490 e. The molecule has 182 valence electrons. The maximum absolute atomic E-state index is 14.0. The molecule has 6 rings (SSSR count). The molecular weight excluding hydrogens is 467 g/mol. The van der Waals surface area contributed by atoms with Gasteiger partial charge in [-0.05, 0) is 73.4 Å². The van der Waals surface area contributed by atoms with Crippen molar-refractivity contribution in [2.24, 2.45) is 0 Å². The highest BCUT2D eigenvalue weighted by Gasteiger charge is 2.24. The zero-order valence-electron chi connectivity index (χ0n) is 20.4. The molecule has 1 fully saturated rings. The van der Waals surface area contributed by atoms with Gasteiger partial charge in [0.2, 0.25) is 0 Å². The Morgan fingerprint density at radius 2 is 1.68 bits per heavy atom. The summed E-state index contributed by atoms with van der Waals surface area (Å²) in [6, 6.07) is 18.2. The number of rotatable bonds is 5. The third-order valence-corrected chi connectivity index (χ3v) is 6.64. The fourth-order valence-corrected chi connectivity index (χ4v) is 4.97. The van der Waals surface area contributed by atoms with E-state index in [2.05, 4.69) is 11.1 Å². The number of aromatic nitrogens is 2. The SMILES string of the molecule is CC(C)(O)Cc1ccc2c(c1)c1cc(OC3CC3)ccc1c1nc(-c3c(C#N)cc(F)cc3C#N)[nH]c21. The van der Waals surface area contributed by atoms with Gasteiger partial charge in [-0.3, -0.25) is 0 Å². The van der Waals surface area contributed by atoms with E-state index in [1.807, 2.05) is 42.5 Å². The molecule has 5 aromatic rings. The molecule has 0 unspecified atom stereocenters. The molecular formula is C30H23FN4O2. The van der Waals surface area contributed by atoms with Crippen molar-refractivity contribution in [3.05, 3.63) is 71.0 Å². The molecule has 37 heavy (non-hydrogen) atoms. The van der Waals surface area contributed by atoms with E-state index in [-0.39, 0.29) is 22.8 Å². The molecule has 1 saturated carbocycles. The fourth-order valence-electron chi connectivity index (χ4n) is 4.97. The van der Waals surface area contributed by atoms with Crippen molar-refractivity contribution < 1.29 is 14.2 Å². The number of aromatic amines is 1. The molecule has 1 aliphatic carbocycles. The standard InChI is InChI=1S/C30H23FN4O2/c1-30(2,36)13-16-3-7-22-24(9-16)25-12-21(37-20-4-5-20)6-8-23(25)28-27(22)34-29(35-28)26-17(14-32)10-19(31)11-18(26)15-33/h3,6-12,20,36H,4-5,13H2,1-2H3,(H,34,35). The van der Waals surface area contributed by atoms with Crippen LogP contribution in [0.4, 0.5) is 4.39 Å². The Kier molecular flexibility index (Phi) is 5.15. The minimum atomic E-state index is -0.862. The van der Waals surface area contributed by atoms with E-state index >= 15 is 0 Å². The summed E-state index contributed by atoms with van der Waals surface area (Å²) in [5, 5.41) is 33.5. The summed E-state index contributed by atoms with van der Waals surface area (Å²) in [5.74, 6) is 0.471. The van der Waals surface area contributed by atoms with E-state index < -0.39 is 11.4 Å². The van der Waals surface area contributed by atoms with Crippen LogP contribution in [-0.4, -0.2) is 26.8 Å². The number of H-pyrrole nitrogens is 1. The van der Waals surface area contributed by atoms with Crippen molar-refractivity contribution in [1.82, 2.24) is 9.97 Å². The molecule has 4 aromatic carbocycles. The molecule has 0 saturated heterocycles. The van der Waals surface area contributed by atoms with Crippen LogP contribution in [0.15, 0.2) is 48.5 Å². The molecule has 0 aliphatic heterocycles. The smallest absolute Gasteiger partial charge is 0.141 e. The maximum atomic E-state index is 14.0. The largest absolute Gasteiger partial charge is 0.490 e. The Bertz CT molecular complexity index is 1780. The summed E-state index contributed by atoms with van der Waals surface area (Å²) in [7, 11) is 0. The van der Waals surface area contributed by atoms with E-state index in [0.717, 1.165) is 63.3 Å². The van der Waals surface area contributed by atoms with E-state index in [9.17, 15) is 20.0 Å². The van der Waals surface area contributed by atoms with Crippen molar-refractivity contribution in [3.8, 4) is 29.3 Å². The van der Waals surface area contributed by atoms with Gasteiger partial charge >= 0.3 is 0 Å². The number of hydrogen-bond acceptors (Lipinski definition) is 5. The third kappa shape index (κ3) is 4.14. The average Bonchev–Trinajstić information content (AvgIpc) is 3.56. The zero-order chi connectivity index (χ0) is 25.9. The number of fused-ring (bicyclic) bond motifs is 6. The van der Waals surface area contributed by atoms with Crippen LogP contribution < -0.4 is 4.74 Å². The first-order chi connectivity index (χ1) is 17.7. The second-order valence-corrected chi connectivity index (χ2v) is 10.3. The predicted molar refractivity (Wildman–Crippen MR) is 140 cm³/mol. The minimum absolute atomic E-state index is 0.0387. The molecule has 6 nitrogen and oxygen atoms in total. The summed E-state index contributed by atoms with van der Waals surface area (Å²) in [6.07, 6.45) is 2.84. The highest BCUT2D eigenvalue weighted by Crippen LogP contribution is 2.39. The Hall–Kier alpha value is -4.46. The molecule has 0 amide bonds. The number of aliphatic hydroxyl groups is 1. The summed E-state index contributed by atoms with van der Waals surface area (Å²) in [4.78, 5) is 8.16. The number of nitriles is 2. The summed E-state index contributed by atoms with van der Waals surface area (Å²) in [5.41, 5.74) is 1.91. The van der Waals surface area contributed by atoms with Crippen molar-refractivity contribution in [1.29, 1.82) is 10.5 Å². The summed E-state index contributed by atoms with van der Waals surface area (Å²) >= 11 is 0. The highest BCUT2D eigenvalue weighted by atomic mass is 19.1. The first-order valence-electron chi connectivity index (χ1n) is 12.2. The van der Waals surface area contributed by atoms with Gasteiger partial charge < -0.3 is 14.8 Å². The topological polar surface area (TPSA) is 106 Å². The second-order valence-electron chi connectivity index (χ2n) is 10.3. The monoisotopic (exact) mass is 490 g/mol. The molecule has 0 atom stereocenters. The van der Waals surface area contributed by atoms with Crippen molar-refractivity contribution in [3.63, 3.8) is 0 Å². The van der Waals surface area contributed by atoms with Crippen LogP contribution in [0.2, 0.25) is 0 Å². The van der Waals surface area contributed by atoms with Crippen molar-refractivity contribution >= 4 is 32.6 Å². The summed E-state index contributed by atoms with van der Waals surface area (Å²) < 4.78 is 20.1. The Morgan fingerprint density at radius 1 is 1.00 bits per heavy atom. The highest BCUT2D eigenvalue weighted by molar-refractivity contribution is 6.24. The first kappa shape index (κ1) is 23.0. The molecule has 7 heteroatoms. The maximum Gasteiger partial charge on any atom is 0.141 e. The van der Waals surface area contributed by atoms with E-state index in [4.69, 9.17) is 9.72 Å². The quantitative estimate of drug-likeness (QED) is 0.282. The van der Waals surface area contributed by atoms with Gasteiger partial charge in [0.05, 0.1) is 39.4 Å². The second kappa shape index (κ2) is 8.30. The molecule has 1 heterocycles. The van der Waals surface area contributed by atoms with Gasteiger partial charge in [-0.25, -0.2) is 9.37 Å². The molecule has 0 bridgehead atoms. The van der Waals surface area contributed by atoms with E-state index in [1.165, 1.54) is 0 Å². The normalized spacial score (nSPS) is 13.7. The average molecular weight is 491 g/mol. The molecule has 0 spiro atoms. The lowest BCUT2D eigenvalue weighted by molar-refractivity contribution is 0.0810. The van der Waals surface area contributed by atoms with Gasteiger partial charge in [-0.1, -0.05) is 18.2 Å². The van der Waals surface area contributed by atoms with Gasteiger partial charge in [0.25, 0.3) is 0 Å². The Balaban J connectivity index is 1.66. The Morgan fingerprint density at radius 3 is 2.32 bits per heavy atom. The van der Waals surface area contributed by atoms with Gasteiger partial charge in [-0.15, -0.1) is 0 Å². The zero-order valence-corrected chi connectivity index (χ0v) is 20.4. The van der Waals surface area contributed by atoms with Crippen LogP contribution in [0.25, 0.3) is 44.0 Å². The number of nitrogens with one attached hydrogen (secondary N) is 1. The molecule has 1 aromatic heterocycles. The van der Waals surface area contributed by atoms with Crippen LogP contribution in [0, 0.1) is 28.5 Å². The van der Waals surface area contributed by atoms with Crippen LogP contribution in [0.5, 0.6) is 5.75 Å². The fraction of sp³-hybridized carbons (Fsp3) is 0.233. The number of hydrogen-bond donors (Lipinski definition) is 2. The number of imidazole rings is 1. The first-order valence-corrected chi connectivity index (χ1v) is 12.2. The molecule has 2 N–H and O–H groups in total. The lowest BCUT2D eigenvalue weighted by Gasteiger charge is -2.18. The van der Waals surface area contributed by atoms with Crippen LogP contribution in [0.1, 0.15) is 43.4 Å². The number of ether oxygens (including phenoxy) is 1. The molecule has 0 radical (unpaired) electrons. The van der Waals surface area contributed by atoms with Crippen LogP contribution in [-0.2, 0) is 6.42 Å². The predicted octanol–water partition coefficient (Wildman–Crippen LogP) is 6.27. The summed E-state index contributed by atoms with van der Waals surface area (Å²) in [6.45, 7) is 3.56. The van der Waals surface area contributed by atoms with Crippen LogP contribution in [0.3, 0.4) is 0 Å². The Labute approximate surface area is 212 Å². The number of halogens is 1. The number of nitrogens with zero attached hydrogens (tertiary/aromatic N) is 3. The van der Waals surface area contributed by atoms with Crippen LogP contribution >= 0.6 is 0 Å². The van der Waals surface area contributed by atoms with E-state index in [0.29, 0.717) is 17.8 Å². The van der Waals surface area contributed by atoms with Gasteiger partial charge in [0, 0.05) is 17.2 Å². The van der Waals surface area contributed by atoms with E-state index in [1.54, 1.807) is 13.8 Å². The molecule has 1 aliphatic rings. The van der Waals surface area contributed by atoms with Gasteiger partial charge in [0.1, 0.15) is 29.5 Å².